The van der Waals surface area contributed by atoms with Crippen LogP contribution in [0.4, 0.5) is 0 Å². The fourth-order valence-electron chi connectivity index (χ4n) is 1.54. The minimum Gasteiger partial charge on any atom is -0.484 e. The van der Waals surface area contributed by atoms with Crippen LogP contribution in [0.5, 0.6) is 5.75 Å². The van der Waals surface area contributed by atoms with Gasteiger partial charge in [0.05, 0.1) is 0 Å². The molecule has 0 amide bonds. The fraction of sp³-hybridized carbons (Fsp3) is 0.308. The summed E-state index contributed by atoms with van der Waals surface area (Å²) in [6.45, 7) is 0.145. The first kappa shape index (κ1) is 14.3. The maximum absolute atomic E-state index is 10.4. The van der Waals surface area contributed by atoms with Crippen LogP contribution in [0.25, 0.3) is 0 Å². The molecule has 1 heterocycles. The topological polar surface area (TPSA) is 85.5 Å². The standard InChI is InChI=1S/C13H13ClN2O4/c14-9-3-1-4-10(7-9)19-8-12-16-15-11(20-12)5-2-6-13(17)18/h1,3-4,7H,2,5-6,8H2,(H,17,18). The van der Waals surface area contributed by atoms with Gasteiger partial charge in [0.15, 0.2) is 6.61 Å². The van der Waals surface area contributed by atoms with Crippen LogP contribution in [-0.4, -0.2) is 21.3 Å². The van der Waals surface area contributed by atoms with Gasteiger partial charge in [0.25, 0.3) is 5.89 Å². The van der Waals surface area contributed by atoms with E-state index >= 15 is 0 Å². The summed E-state index contributed by atoms with van der Waals surface area (Å²) in [6, 6.07) is 6.99. The smallest absolute Gasteiger partial charge is 0.303 e. The molecule has 1 aromatic carbocycles. The number of rotatable bonds is 7. The van der Waals surface area contributed by atoms with E-state index in [-0.39, 0.29) is 13.0 Å². The van der Waals surface area contributed by atoms with E-state index in [0.717, 1.165) is 0 Å². The van der Waals surface area contributed by atoms with E-state index < -0.39 is 5.97 Å². The Balaban J connectivity index is 1.82. The van der Waals surface area contributed by atoms with Crippen molar-refractivity contribution in [3.05, 3.63) is 41.1 Å². The Morgan fingerprint density at radius 1 is 1.35 bits per heavy atom. The predicted octanol–water partition coefficient (Wildman–Crippen LogP) is 2.71. The first-order chi connectivity index (χ1) is 9.63. The summed E-state index contributed by atoms with van der Waals surface area (Å²) in [7, 11) is 0. The number of aryl methyl sites for hydroxylation is 1. The number of aliphatic carboxylic acids is 1. The van der Waals surface area contributed by atoms with Gasteiger partial charge in [0.2, 0.25) is 5.89 Å². The summed E-state index contributed by atoms with van der Waals surface area (Å²) in [6.07, 6.45) is 0.985. The molecule has 0 saturated carbocycles. The summed E-state index contributed by atoms with van der Waals surface area (Å²) < 4.78 is 10.8. The first-order valence-electron chi connectivity index (χ1n) is 6.05. The van der Waals surface area contributed by atoms with Crippen molar-refractivity contribution in [3.8, 4) is 5.75 Å². The quantitative estimate of drug-likeness (QED) is 0.845. The Kier molecular flexibility index (Phi) is 4.95. The summed E-state index contributed by atoms with van der Waals surface area (Å²) >= 11 is 5.83. The second-order valence-electron chi connectivity index (χ2n) is 4.08. The van der Waals surface area contributed by atoms with E-state index in [2.05, 4.69) is 10.2 Å². The largest absolute Gasteiger partial charge is 0.484 e. The maximum Gasteiger partial charge on any atom is 0.303 e. The SMILES string of the molecule is O=C(O)CCCc1nnc(COc2cccc(Cl)c2)o1. The van der Waals surface area contributed by atoms with Crippen LogP contribution in [0, 0.1) is 0 Å². The van der Waals surface area contributed by atoms with Gasteiger partial charge in [-0.3, -0.25) is 4.79 Å². The number of nitrogens with zero attached hydrogens (tertiary/aromatic N) is 2. The van der Waals surface area contributed by atoms with Gasteiger partial charge < -0.3 is 14.3 Å². The lowest BCUT2D eigenvalue weighted by Gasteiger charge is -2.02. The number of halogens is 1. The van der Waals surface area contributed by atoms with Crippen molar-refractivity contribution in [2.24, 2.45) is 0 Å². The number of benzene rings is 1. The molecule has 0 aliphatic carbocycles. The second kappa shape index (κ2) is 6.91. The van der Waals surface area contributed by atoms with Crippen molar-refractivity contribution in [1.82, 2.24) is 10.2 Å². The third kappa shape index (κ3) is 4.55. The van der Waals surface area contributed by atoms with Crippen LogP contribution >= 0.6 is 11.6 Å². The summed E-state index contributed by atoms with van der Waals surface area (Å²) in [4.78, 5) is 10.4. The van der Waals surface area contributed by atoms with E-state index in [0.29, 0.717) is 35.4 Å². The van der Waals surface area contributed by atoms with Crippen molar-refractivity contribution in [3.63, 3.8) is 0 Å². The monoisotopic (exact) mass is 296 g/mol. The van der Waals surface area contributed by atoms with Crippen LogP contribution in [0.3, 0.4) is 0 Å². The molecule has 2 aromatic rings. The summed E-state index contributed by atoms with van der Waals surface area (Å²) in [5.74, 6) is 0.531. The van der Waals surface area contributed by atoms with Crippen molar-refractivity contribution < 1.29 is 19.1 Å². The normalized spacial score (nSPS) is 10.4. The van der Waals surface area contributed by atoms with E-state index in [1.807, 2.05) is 0 Å². The maximum atomic E-state index is 10.4. The fourth-order valence-corrected chi connectivity index (χ4v) is 1.72. The van der Waals surface area contributed by atoms with Gasteiger partial charge in [-0.15, -0.1) is 10.2 Å². The lowest BCUT2D eigenvalue weighted by molar-refractivity contribution is -0.137. The molecule has 0 fully saturated rings. The third-order valence-electron chi connectivity index (χ3n) is 2.45. The van der Waals surface area contributed by atoms with Gasteiger partial charge in [-0.05, 0) is 24.6 Å². The number of hydrogen-bond donors (Lipinski definition) is 1. The van der Waals surface area contributed by atoms with E-state index in [9.17, 15) is 4.79 Å². The van der Waals surface area contributed by atoms with Gasteiger partial charge in [-0.2, -0.15) is 0 Å². The minimum absolute atomic E-state index is 0.0801. The van der Waals surface area contributed by atoms with E-state index in [1.165, 1.54) is 0 Å². The van der Waals surface area contributed by atoms with Gasteiger partial charge in [-0.1, -0.05) is 17.7 Å². The molecule has 6 nitrogen and oxygen atoms in total. The minimum atomic E-state index is -0.839. The Labute approximate surface area is 120 Å². The third-order valence-corrected chi connectivity index (χ3v) is 2.68. The molecule has 0 spiro atoms. The number of aromatic nitrogens is 2. The van der Waals surface area contributed by atoms with Gasteiger partial charge >= 0.3 is 5.97 Å². The Morgan fingerprint density at radius 2 is 2.15 bits per heavy atom. The van der Waals surface area contributed by atoms with Gasteiger partial charge in [0, 0.05) is 17.9 Å². The molecule has 0 unspecified atom stereocenters. The zero-order chi connectivity index (χ0) is 14.4. The second-order valence-corrected chi connectivity index (χ2v) is 4.52. The van der Waals surface area contributed by atoms with Crippen LogP contribution in [0.15, 0.2) is 28.7 Å². The van der Waals surface area contributed by atoms with Crippen molar-refractivity contribution >= 4 is 17.6 Å². The lowest BCUT2D eigenvalue weighted by Crippen LogP contribution is -1.96. The lowest BCUT2D eigenvalue weighted by atomic mass is 10.2. The predicted molar refractivity (Wildman–Crippen MR) is 70.7 cm³/mol. The molecule has 0 radical (unpaired) electrons. The van der Waals surface area contributed by atoms with Gasteiger partial charge in [-0.25, -0.2) is 0 Å². The molecular formula is C13H13ClN2O4. The van der Waals surface area contributed by atoms with E-state index in [4.69, 9.17) is 25.9 Å². The first-order valence-corrected chi connectivity index (χ1v) is 6.42. The molecule has 0 aliphatic rings. The molecule has 20 heavy (non-hydrogen) atoms. The molecule has 106 valence electrons. The van der Waals surface area contributed by atoms with Crippen LogP contribution in [0.2, 0.25) is 5.02 Å². The molecule has 0 atom stereocenters. The average Bonchev–Trinajstić information content (AvgIpc) is 2.84. The number of hydrogen-bond acceptors (Lipinski definition) is 5. The molecular weight excluding hydrogens is 284 g/mol. The molecule has 0 bridgehead atoms. The number of carboxylic acids is 1. The highest BCUT2D eigenvalue weighted by Crippen LogP contribution is 2.18. The average molecular weight is 297 g/mol. The van der Waals surface area contributed by atoms with Crippen LogP contribution < -0.4 is 4.74 Å². The number of carboxylic acid groups (broad SMARTS) is 1. The Bertz CT molecular complexity index is 585. The highest BCUT2D eigenvalue weighted by atomic mass is 35.5. The highest BCUT2D eigenvalue weighted by Gasteiger charge is 2.08. The van der Waals surface area contributed by atoms with Crippen molar-refractivity contribution in [2.75, 3.05) is 0 Å². The molecule has 7 heteroatoms. The summed E-state index contributed by atoms with van der Waals surface area (Å²) in [5.41, 5.74) is 0. The highest BCUT2D eigenvalue weighted by molar-refractivity contribution is 6.30. The number of carbonyl (C=O) groups is 1. The van der Waals surface area contributed by atoms with Crippen molar-refractivity contribution in [1.29, 1.82) is 0 Å². The zero-order valence-electron chi connectivity index (χ0n) is 10.6. The Hall–Kier alpha value is -2.08. The molecule has 0 aliphatic heterocycles. The molecule has 2 rings (SSSR count). The number of ether oxygens (including phenoxy) is 1. The summed E-state index contributed by atoms with van der Waals surface area (Å²) in [5, 5.41) is 16.8. The molecule has 0 saturated heterocycles. The van der Waals surface area contributed by atoms with Crippen LogP contribution in [0.1, 0.15) is 24.6 Å². The zero-order valence-corrected chi connectivity index (χ0v) is 11.3. The Morgan fingerprint density at radius 3 is 2.90 bits per heavy atom. The molecule has 1 N–H and O–H groups in total. The van der Waals surface area contributed by atoms with Crippen molar-refractivity contribution in [2.45, 2.75) is 25.9 Å². The van der Waals surface area contributed by atoms with Gasteiger partial charge in [0.1, 0.15) is 5.75 Å². The van der Waals surface area contributed by atoms with E-state index in [1.54, 1.807) is 24.3 Å². The molecule has 1 aromatic heterocycles. The van der Waals surface area contributed by atoms with Crippen LogP contribution in [-0.2, 0) is 17.8 Å².